The molecule has 0 fully saturated rings. The van der Waals surface area contributed by atoms with E-state index in [1.807, 2.05) is 0 Å². The highest BCUT2D eigenvalue weighted by Crippen LogP contribution is 2.34. The van der Waals surface area contributed by atoms with Gasteiger partial charge in [0, 0.05) is 17.3 Å². The Labute approximate surface area is 124 Å². The van der Waals surface area contributed by atoms with Crippen molar-refractivity contribution in [3.05, 3.63) is 45.9 Å². The van der Waals surface area contributed by atoms with Gasteiger partial charge in [-0.3, -0.25) is 4.79 Å². The van der Waals surface area contributed by atoms with Gasteiger partial charge in [-0.15, -0.1) is 0 Å². The van der Waals surface area contributed by atoms with Crippen molar-refractivity contribution >= 4 is 34.8 Å². The molecule has 2 rings (SSSR count). The minimum atomic E-state index is -0.575. The van der Waals surface area contributed by atoms with E-state index in [0.29, 0.717) is 0 Å². The van der Waals surface area contributed by atoms with E-state index in [9.17, 15) is 20.1 Å². The van der Waals surface area contributed by atoms with Crippen LogP contribution < -0.4 is 5.32 Å². The molecule has 0 heterocycles. The van der Waals surface area contributed by atoms with Crippen LogP contribution in [0.15, 0.2) is 30.3 Å². The average Bonchev–Trinajstić information content (AvgIpc) is 2.34. The third-order valence-electron chi connectivity index (χ3n) is 2.44. The number of carbonyl (C=O) groups excluding carboxylic acids is 1. The van der Waals surface area contributed by atoms with Crippen LogP contribution in [0.25, 0.3) is 0 Å². The summed E-state index contributed by atoms with van der Waals surface area (Å²) in [5.74, 6) is -1.33. The number of carbonyl (C=O) groups is 1. The van der Waals surface area contributed by atoms with E-state index in [1.165, 1.54) is 24.3 Å². The smallest absolute Gasteiger partial charge is 0.255 e. The Bertz CT molecular complexity index is 645. The molecular weight excluding hydrogens is 305 g/mol. The zero-order valence-corrected chi connectivity index (χ0v) is 11.4. The van der Waals surface area contributed by atoms with Crippen LogP contribution in [-0.4, -0.2) is 21.2 Å². The lowest BCUT2D eigenvalue weighted by Crippen LogP contribution is -2.11. The number of hydrogen-bond acceptors (Lipinski definition) is 4. The maximum Gasteiger partial charge on any atom is 0.255 e. The summed E-state index contributed by atoms with van der Waals surface area (Å²) in [6, 6.07) is 6.13. The van der Waals surface area contributed by atoms with Crippen molar-refractivity contribution in [2.75, 3.05) is 5.32 Å². The number of halogens is 2. The highest BCUT2D eigenvalue weighted by molar-refractivity contribution is 6.37. The van der Waals surface area contributed by atoms with Crippen molar-refractivity contribution in [3.8, 4) is 17.2 Å². The number of phenols is 3. The molecule has 0 aromatic heterocycles. The first kappa shape index (κ1) is 14.3. The Balaban J connectivity index is 2.28. The van der Waals surface area contributed by atoms with Gasteiger partial charge in [0.2, 0.25) is 0 Å². The van der Waals surface area contributed by atoms with E-state index >= 15 is 0 Å². The molecular formula is C13H9Cl2NO4. The van der Waals surface area contributed by atoms with Gasteiger partial charge in [0.1, 0.15) is 11.5 Å². The van der Waals surface area contributed by atoms with Crippen molar-refractivity contribution in [1.29, 1.82) is 0 Å². The summed E-state index contributed by atoms with van der Waals surface area (Å²) in [5.41, 5.74) is 0.327. The normalized spacial score (nSPS) is 10.3. The molecule has 0 saturated heterocycles. The van der Waals surface area contributed by atoms with Crippen molar-refractivity contribution in [2.45, 2.75) is 0 Å². The van der Waals surface area contributed by atoms with Gasteiger partial charge >= 0.3 is 0 Å². The summed E-state index contributed by atoms with van der Waals surface area (Å²) in [4.78, 5) is 11.9. The molecule has 2 aromatic rings. The Kier molecular flexibility index (Phi) is 3.92. The van der Waals surface area contributed by atoms with Gasteiger partial charge < -0.3 is 20.6 Å². The highest BCUT2D eigenvalue weighted by atomic mass is 35.5. The molecule has 4 N–H and O–H groups in total. The fourth-order valence-electron chi connectivity index (χ4n) is 1.57. The number of nitrogens with one attached hydrogen (secondary N) is 1. The first-order valence-electron chi connectivity index (χ1n) is 5.39. The fraction of sp³-hybridized carbons (Fsp3) is 0. The Morgan fingerprint density at radius 3 is 1.90 bits per heavy atom. The van der Waals surface area contributed by atoms with Gasteiger partial charge in [0.05, 0.1) is 10.0 Å². The van der Waals surface area contributed by atoms with Gasteiger partial charge in [-0.1, -0.05) is 23.2 Å². The fourth-order valence-corrected chi connectivity index (χ4v) is 2.05. The van der Waals surface area contributed by atoms with E-state index in [4.69, 9.17) is 23.2 Å². The summed E-state index contributed by atoms with van der Waals surface area (Å²) < 4.78 is 0. The van der Waals surface area contributed by atoms with Gasteiger partial charge in [0.25, 0.3) is 5.91 Å². The maximum atomic E-state index is 11.9. The van der Waals surface area contributed by atoms with Crippen LogP contribution in [-0.2, 0) is 0 Å². The van der Waals surface area contributed by atoms with Crippen LogP contribution in [0, 0.1) is 0 Å². The molecule has 5 nitrogen and oxygen atoms in total. The van der Waals surface area contributed by atoms with Crippen molar-refractivity contribution < 1.29 is 20.1 Å². The van der Waals surface area contributed by atoms with E-state index in [1.54, 1.807) is 0 Å². The van der Waals surface area contributed by atoms with Crippen molar-refractivity contribution in [2.24, 2.45) is 0 Å². The predicted molar refractivity (Wildman–Crippen MR) is 75.9 cm³/mol. The SMILES string of the molecule is O=C(Nc1cc(Cl)c(O)c(Cl)c1)c1cc(O)cc(O)c1. The number of benzene rings is 2. The third kappa shape index (κ3) is 3.07. The van der Waals surface area contributed by atoms with Gasteiger partial charge in [0.15, 0.2) is 5.75 Å². The number of amides is 1. The monoisotopic (exact) mass is 313 g/mol. The minimum Gasteiger partial charge on any atom is -0.508 e. The first-order chi connectivity index (χ1) is 9.36. The van der Waals surface area contributed by atoms with Gasteiger partial charge in [-0.2, -0.15) is 0 Å². The van der Waals surface area contributed by atoms with Crippen molar-refractivity contribution in [1.82, 2.24) is 0 Å². The molecule has 0 atom stereocenters. The highest BCUT2D eigenvalue weighted by Gasteiger charge is 2.12. The number of aromatic hydroxyl groups is 3. The van der Waals surface area contributed by atoms with Crippen LogP contribution in [0.1, 0.15) is 10.4 Å². The van der Waals surface area contributed by atoms with Crippen LogP contribution in [0.2, 0.25) is 10.0 Å². The molecule has 20 heavy (non-hydrogen) atoms. The zero-order valence-electron chi connectivity index (χ0n) is 9.89. The largest absolute Gasteiger partial charge is 0.508 e. The lowest BCUT2D eigenvalue weighted by atomic mass is 10.2. The van der Waals surface area contributed by atoms with Crippen LogP contribution >= 0.6 is 23.2 Å². The summed E-state index contributed by atoms with van der Waals surface area (Å²) in [6.07, 6.45) is 0. The van der Waals surface area contributed by atoms with Crippen LogP contribution in [0.5, 0.6) is 17.2 Å². The van der Waals surface area contributed by atoms with Crippen LogP contribution in [0.4, 0.5) is 5.69 Å². The molecule has 0 bridgehead atoms. The second kappa shape index (κ2) is 5.48. The molecule has 0 radical (unpaired) electrons. The summed E-state index contributed by atoms with van der Waals surface area (Å²) >= 11 is 11.5. The molecule has 1 amide bonds. The topological polar surface area (TPSA) is 89.8 Å². The average molecular weight is 314 g/mol. The molecule has 0 spiro atoms. The summed E-state index contributed by atoms with van der Waals surface area (Å²) in [5, 5.41) is 30.5. The third-order valence-corrected chi connectivity index (χ3v) is 3.02. The van der Waals surface area contributed by atoms with E-state index in [-0.39, 0.29) is 38.5 Å². The van der Waals surface area contributed by atoms with Crippen molar-refractivity contribution in [3.63, 3.8) is 0 Å². The molecule has 0 aliphatic heterocycles. The van der Waals surface area contributed by atoms with Gasteiger partial charge in [-0.25, -0.2) is 0 Å². The lowest BCUT2D eigenvalue weighted by Gasteiger charge is -2.08. The quantitative estimate of drug-likeness (QED) is 0.640. The molecule has 7 heteroatoms. The Morgan fingerprint density at radius 1 is 0.900 bits per heavy atom. The maximum absolute atomic E-state index is 11.9. The Hall–Kier alpha value is -2.11. The number of anilines is 1. The van der Waals surface area contributed by atoms with E-state index in [0.717, 1.165) is 6.07 Å². The molecule has 104 valence electrons. The number of phenolic OH excluding ortho intramolecular Hbond substituents is 3. The number of rotatable bonds is 2. The van der Waals surface area contributed by atoms with Crippen LogP contribution in [0.3, 0.4) is 0 Å². The number of hydrogen-bond donors (Lipinski definition) is 4. The zero-order chi connectivity index (χ0) is 14.9. The first-order valence-corrected chi connectivity index (χ1v) is 6.15. The predicted octanol–water partition coefficient (Wildman–Crippen LogP) is 3.36. The second-order valence-corrected chi connectivity index (χ2v) is 4.80. The second-order valence-electron chi connectivity index (χ2n) is 3.98. The minimum absolute atomic E-state index is 0.00782. The van der Waals surface area contributed by atoms with Gasteiger partial charge in [-0.05, 0) is 24.3 Å². The standard InChI is InChI=1S/C13H9Cl2NO4/c14-10-3-7(4-11(15)12(10)19)16-13(20)6-1-8(17)5-9(18)2-6/h1-5,17-19H,(H,16,20). The van der Waals surface area contributed by atoms with E-state index < -0.39 is 5.91 Å². The summed E-state index contributed by atoms with van der Waals surface area (Å²) in [6.45, 7) is 0. The molecule has 0 saturated carbocycles. The molecule has 0 unspecified atom stereocenters. The molecule has 2 aromatic carbocycles. The summed E-state index contributed by atoms with van der Waals surface area (Å²) in [7, 11) is 0. The lowest BCUT2D eigenvalue weighted by molar-refractivity contribution is 0.102. The van der Waals surface area contributed by atoms with E-state index in [2.05, 4.69) is 5.32 Å². The Morgan fingerprint density at radius 2 is 1.40 bits per heavy atom. The molecule has 0 aliphatic rings. The molecule has 0 aliphatic carbocycles.